The van der Waals surface area contributed by atoms with Crippen molar-refractivity contribution in [1.29, 1.82) is 0 Å². The van der Waals surface area contributed by atoms with Gasteiger partial charge in [-0.2, -0.15) is 0 Å². The number of ether oxygens (including phenoxy) is 3. The first-order valence-corrected chi connectivity index (χ1v) is 9.75. The van der Waals surface area contributed by atoms with Gasteiger partial charge in [-0.1, -0.05) is 6.92 Å². The molecule has 1 aromatic rings. The topological polar surface area (TPSA) is 73.9 Å². The maximum Gasteiger partial charge on any atom is 0.341 e. The molecule has 0 spiro atoms. The smallest absolute Gasteiger partial charge is 0.341 e. The van der Waals surface area contributed by atoms with Gasteiger partial charge in [0.2, 0.25) is 0 Å². The summed E-state index contributed by atoms with van der Waals surface area (Å²) < 4.78 is 16.7. The van der Waals surface area contributed by atoms with Crippen LogP contribution in [0.4, 0.5) is 5.69 Å². The van der Waals surface area contributed by atoms with Gasteiger partial charge >= 0.3 is 5.97 Å². The number of carbonyl (C=O) groups excluding carboxylic acids is 2. The standard InChI is InChI=1S/C21H31NO5/c1-6-12-26-21(5,15-8-9-15)20(24)22-16-10-11-18(27-14(3)4)17(13-16)19(23)25-7-2/h10-11,13-15H,6-9,12H2,1-5H3,(H,22,24)/t21-/m1/s1. The fourth-order valence-corrected chi connectivity index (χ4v) is 2.91. The highest BCUT2D eigenvalue weighted by Crippen LogP contribution is 2.42. The van der Waals surface area contributed by atoms with Gasteiger partial charge in [-0.25, -0.2) is 4.79 Å². The van der Waals surface area contributed by atoms with Crippen LogP contribution in [0.2, 0.25) is 0 Å². The molecule has 6 heteroatoms. The molecule has 0 radical (unpaired) electrons. The van der Waals surface area contributed by atoms with E-state index in [1.54, 1.807) is 25.1 Å². The van der Waals surface area contributed by atoms with Gasteiger partial charge in [-0.3, -0.25) is 4.79 Å². The molecule has 150 valence electrons. The van der Waals surface area contributed by atoms with E-state index < -0.39 is 11.6 Å². The molecule has 0 saturated heterocycles. The Morgan fingerprint density at radius 2 is 1.96 bits per heavy atom. The molecule has 1 aliphatic rings. The molecule has 1 saturated carbocycles. The van der Waals surface area contributed by atoms with Crippen molar-refractivity contribution in [2.75, 3.05) is 18.5 Å². The van der Waals surface area contributed by atoms with Gasteiger partial charge < -0.3 is 19.5 Å². The van der Waals surface area contributed by atoms with Gasteiger partial charge in [0.1, 0.15) is 16.9 Å². The summed E-state index contributed by atoms with van der Waals surface area (Å²) in [6.07, 6.45) is 2.74. The van der Waals surface area contributed by atoms with E-state index in [0.717, 1.165) is 19.3 Å². The third-order valence-corrected chi connectivity index (χ3v) is 4.51. The van der Waals surface area contributed by atoms with E-state index in [1.165, 1.54) is 0 Å². The maximum absolute atomic E-state index is 12.9. The van der Waals surface area contributed by atoms with E-state index in [1.807, 2.05) is 27.7 Å². The zero-order chi connectivity index (χ0) is 20.0. The Balaban J connectivity index is 2.23. The highest BCUT2D eigenvalue weighted by Gasteiger charge is 2.48. The summed E-state index contributed by atoms with van der Waals surface area (Å²) >= 11 is 0. The first kappa shape index (κ1) is 21.2. The van der Waals surface area contributed by atoms with E-state index in [0.29, 0.717) is 23.6 Å². The zero-order valence-corrected chi connectivity index (χ0v) is 17.0. The molecule has 0 bridgehead atoms. The average molecular weight is 377 g/mol. The molecule has 2 rings (SSSR count). The second kappa shape index (κ2) is 9.22. The van der Waals surface area contributed by atoms with Crippen LogP contribution >= 0.6 is 0 Å². The van der Waals surface area contributed by atoms with Crippen LogP contribution in [0, 0.1) is 5.92 Å². The van der Waals surface area contributed by atoms with E-state index in [9.17, 15) is 9.59 Å². The van der Waals surface area contributed by atoms with Crippen LogP contribution in [0.15, 0.2) is 18.2 Å². The van der Waals surface area contributed by atoms with Gasteiger partial charge in [0, 0.05) is 12.3 Å². The molecule has 27 heavy (non-hydrogen) atoms. The summed E-state index contributed by atoms with van der Waals surface area (Å²) in [5, 5.41) is 2.90. The number of amides is 1. The van der Waals surface area contributed by atoms with Crippen molar-refractivity contribution in [3.05, 3.63) is 23.8 Å². The van der Waals surface area contributed by atoms with Crippen molar-refractivity contribution in [3.8, 4) is 5.75 Å². The number of hydrogen-bond donors (Lipinski definition) is 1. The normalized spacial score (nSPS) is 15.9. The molecule has 6 nitrogen and oxygen atoms in total. The van der Waals surface area contributed by atoms with Crippen molar-refractivity contribution in [2.45, 2.75) is 65.6 Å². The number of rotatable bonds is 10. The van der Waals surface area contributed by atoms with E-state index >= 15 is 0 Å². The van der Waals surface area contributed by atoms with Crippen LogP contribution in [0.5, 0.6) is 5.75 Å². The van der Waals surface area contributed by atoms with E-state index in [4.69, 9.17) is 14.2 Å². The molecule has 0 aromatic heterocycles. The Kier molecular flexibility index (Phi) is 7.25. The largest absolute Gasteiger partial charge is 0.490 e. The van der Waals surface area contributed by atoms with Crippen LogP contribution < -0.4 is 10.1 Å². The number of esters is 1. The van der Waals surface area contributed by atoms with E-state index in [2.05, 4.69) is 5.32 Å². The van der Waals surface area contributed by atoms with Crippen LogP contribution in [-0.4, -0.2) is 36.8 Å². The molecule has 1 aromatic carbocycles. The van der Waals surface area contributed by atoms with Crippen LogP contribution in [0.3, 0.4) is 0 Å². The Labute approximate surface area is 161 Å². The minimum absolute atomic E-state index is 0.0841. The molecule has 1 aliphatic carbocycles. The monoisotopic (exact) mass is 377 g/mol. The van der Waals surface area contributed by atoms with E-state index in [-0.39, 0.29) is 24.5 Å². The Hall–Kier alpha value is -2.08. The Morgan fingerprint density at radius 1 is 1.26 bits per heavy atom. The lowest BCUT2D eigenvalue weighted by Gasteiger charge is -2.28. The lowest BCUT2D eigenvalue weighted by atomic mass is 9.98. The Morgan fingerprint density at radius 3 is 2.52 bits per heavy atom. The third kappa shape index (κ3) is 5.45. The van der Waals surface area contributed by atoms with Crippen molar-refractivity contribution < 1.29 is 23.8 Å². The fourth-order valence-electron chi connectivity index (χ4n) is 2.91. The molecule has 1 atom stereocenters. The van der Waals surface area contributed by atoms with Gasteiger partial charge in [0.15, 0.2) is 0 Å². The number of hydrogen-bond acceptors (Lipinski definition) is 5. The molecule has 1 amide bonds. The number of nitrogens with one attached hydrogen (secondary N) is 1. The highest BCUT2D eigenvalue weighted by molar-refractivity contribution is 6.00. The molecule has 0 heterocycles. The third-order valence-electron chi connectivity index (χ3n) is 4.51. The molecule has 1 fully saturated rings. The van der Waals surface area contributed by atoms with Crippen molar-refractivity contribution in [3.63, 3.8) is 0 Å². The number of benzene rings is 1. The predicted octanol–water partition coefficient (Wildman–Crippen LogP) is 4.18. The first-order chi connectivity index (χ1) is 12.8. The molecular formula is C21H31NO5. The number of carbonyl (C=O) groups is 2. The maximum atomic E-state index is 12.9. The second-order valence-electron chi connectivity index (χ2n) is 7.28. The second-order valence-corrected chi connectivity index (χ2v) is 7.28. The summed E-state index contributed by atoms with van der Waals surface area (Å²) in [6.45, 7) is 10.2. The summed E-state index contributed by atoms with van der Waals surface area (Å²) in [5.41, 5.74) is -0.0372. The fraction of sp³-hybridized carbons (Fsp3) is 0.619. The summed E-state index contributed by atoms with van der Waals surface area (Å²) in [5.74, 6) is 0.00739. The molecule has 0 aliphatic heterocycles. The van der Waals surface area contributed by atoms with Crippen LogP contribution in [-0.2, 0) is 14.3 Å². The van der Waals surface area contributed by atoms with Crippen LogP contribution in [0.1, 0.15) is 64.2 Å². The Bertz CT molecular complexity index is 669. The quantitative estimate of drug-likeness (QED) is 0.619. The number of anilines is 1. The lowest BCUT2D eigenvalue weighted by Crippen LogP contribution is -2.45. The highest BCUT2D eigenvalue weighted by atomic mass is 16.5. The average Bonchev–Trinajstić information content (AvgIpc) is 3.46. The molecular weight excluding hydrogens is 346 g/mol. The minimum atomic E-state index is -0.854. The SMILES string of the molecule is CCCO[C@@](C)(C(=O)Nc1ccc(OC(C)C)c(C(=O)OCC)c1)C1CC1. The zero-order valence-electron chi connectivity index (χ0n) is 17.0. The molecule has 1 N–H and O–H groups in total. The summed E-state index contributed by atoms with van der Waals surface area (Å²) in [7, 11) is 0. The minimum Gasteiger partial charge on any atom is -0.490 e. The first-order valence-electron chi connectivity index (χ1n) is 9.75. The van der Waals surface area contributed by atoms with Crippen molar-refractivity contribution >= 4 is 17.6 Å². The van der Waals surface area contributed by atoms with Gasteiger partial charge in [-0.05, 0) is 71.1 Å². The van der Waals surface area contributed by atoms with Crippen molar-refractivity contribution in [1.82, 2.24) is 0 Å². The predicted molar refractivity (Wildman–Crippen MR) is 104 cm³/mol. The van der Waals surface area contributed by atoms with Gasteiger partial charge in [-0.15, -0.1) is 0 Å². The van der Waals surface area contributed by atoms with Crippen LogP contribution in [0.25, 0.3) is 0 Å². The lowest BCUT2D eigenvalue weighted by molar-refractivity contribution is -0.142. The van der Waals surface area contributed by atoms with Gasteiger partial charge in [0.05, 0.1) is 12.7 Å². The summed E-state index contributed by atoms with van der Waals surface area (Å²) in [6, 6.07) is 5.01. The summed E-state index contributed by atoms with van der Waals surface area (Å²) in [4.78, 5) is 25.2. The van der Waals surface area contributed by atoms with Crippen molar-refractivity contribution in [2.24, 2.45) is 5.92 Å². The van der Waals surface area contributed by atoms with Gasteiger partial charge in [0.25, 0.3) is 5.91 Å². The molecule has 0 unspecified atom stereocenters.